The molecule has 3 aromatic rings. The van der Waals surface area contributed by atoms with E-state index in [1.807, 2.05) is 66.7 Å². The first-order valence-corrected chi connectivity index (χ1v) is 10.7. The third kappa shape index (κ3) is 6.00. The Morgan fingerprint density at radius 3 is 2.50 bits per heavy atom. The summed E-state index contributed by atoms with van der Waals surface area (Å²) in [6.45, 7) is 2.02. The van der Waals surface area contributed by atoms with E-state index in [0.29, 0.717) is 6.54 Å². The number of carbonyl (C=O) groups excluding carboxylic acids is 2. The van der Waals surface area contributed by atoms with Gasteiger partial charge < -0.3 is 14.8 Å². The second-order valence-electron chi connectivity index (χ2n) is 6.81. The van der Waals surface area contributed by atoms with E-state index in [1.165, 1.54) is 0 Å². The first-order chi connectivity index (χ1) is 14.6. The number of amides is 1. The van der Waals surface area contributed by atoms with Gasteiger partial charge in [0.1, 0.15) is 5.75 Å². The number of benzene rings is 3. The smallest absolute Gasteiger partial charge is 0.313 e. The minimum absolute atomic E-state index is 0.274. The third-order valence-corrected chi connectivity index (χ3v) is 5.72. The Kier molecular flexibility index (Phi) is 7.74. The Labute approximate surface area is 180 Å². The average Bonchev–Trinajstić information content (AvgIpc) is 2.79. The van der Waals surface area contributed by atoms with Crippen molar-refractivity contribution in [1.29, 1.82) is 0 Å². The standard InChI is InChI=1S/C24H25NO4S/c1-17(18-8-9-20-15-21(28-2)11-10-19(20)14-18)24(27)29-16-23(26)25-12-13-30-22-6-4-3-5-7-22/h3-11,14-15,17H,12-13,16H2,1-2H3,(H,25,26)/t17-/m0/s1. The number of carbonyl (C=O) groups is 2. The number of rotatable bonds is 9. The highest BCUT2D eigenvalue weighted by atomic mass is 32.2. The maximum atomic E-state index is 12.4. The summed E-state index contributed by atoms with van der Waals surface area (Å²) in [7, 11) is 1.63. The minimum atomic E-state index is -0.460. The number of fused-ring (bicyclic) bond motifs is 1. The van der Waals surface area contributed by atoms with Gasteiger partial charge >= 0.3 is 5.97 Å². The molecule has 0 aromatic heterocycles. The highest BCUT2D eigenvalue weighted by Gasteiger charge is 2.18. The minimum Gasteiger partial charge on any atom is -0.497 e. The molecule has 0 fully saturated rings. The quantitative estimate of drug-likeness (QED) is 0.314. The molecule has 0 spiro atoms. The van der Waals surface area contributed by atoms with Crippen molar-refractivity contribution in [2.75, 3.05) is 26.0 Å². The van der Waals surface area contributed by atoms with E-state index >= 15 is 0 Å². The SMILES string of the molecule is COc1ccc2cc([C@H](C)C(=O)OCC(=O)NCCSc3ccccc3)ccc2c1. The van der Waals surface area contributed by atoms with Gasteiger partial charge in [0.15, 0.2) is 6.61 Å². The van der Waals surface area contributed by atoms with E-state index < -0.39 is 11.9 Å². The molecular formula is C24H25NO4S. The van der Waals surface area contributed by atoms with Gasteiger partial charge in [-0.1, -0.05) is 42.5 Å². The molecule has 1 amide bonds. The molecule has 30 heavy (non-hydrogen) atoms. The van der Waals surface area contributed by atoms with Crippen molar-refractivity contribution in [3.05, 3.63) is 72.3 Å². The van der Waals surface area contributed by atoms with Crippen molar-refractivity contribution in [3.63, 3.8) is 0 Å². The van der Waals surface area contributed by atoms with E-state index in [-0.39, 0.29) is 12.5 Å². The molecular weight excluding hydrogens is 398 g/mol. The van der Waals surface area contributed by atoms with Gasteiger partial charge in [-0.05, 0) is 47.5 Å². The van der Waals surface area contributed by atoms with Crippen LogP contribution in [0.1, 0.15) is 18.4 Å². The Morgan fingerprint density at radius 1 is 1.00 bits per heavy atom. The van der Waals surface area contributed by atoms with Gasteiger partial charge in [-0.2, -0.15) is 0 Å². The molecule has 0 unspecified atom stereocenters. The normalized spacial score (nSPS) is 11.7. The maximum absolute atomic E-state index is 12.4. The van der Waals surface area contributed by atoms with Gasteiger partial charge in [0, 0.05) is 17.2 Å². The van der Waals surface area contributed by atoms with Crippen LogP contribution in [0.3, 0.4) is 0 Å². The predicted molar refractivity (Wildman–Crippen MR) is 120 cm³/mol. The number of hydrogen-bond acceptors (Lipinski definition) is 5. The lowest BCUT2D eigenvalue weighted by Gasteiger charge is -2.13. The van der Waals surface area contributed by atoms with Gasteiger partial charge in [-0.15, -0.1) is 11.8 Å². The first kappa shape index (κ1) is 21.7. The van der Waals surface area contributed by atoms with Crippen LogP contribution in [0.2, 0.25) is 0 Å². The topological polar surface area (TPSA) is 64.6 Å². The summed E-state index contributed by atoms with van der Waals surface area (Å²) in [5.74, 6) is 0.363. The van der Waals surface area contributed by atoms with Crippen molar-refractivity contribution in [1.82, 2.24) is 5.32 Å². The fourth-order valence-electron chi connectivity index (χ4n) is 2.96. The molecule has 156 valence electrons. The largest absolute Gasteiger partial charge is 0.497 e. The van der Waals surface area contributed by atoms with Crippen molar-refractivity contribution in [3.8, 4) is 5.75 Å². The highest BCUT2D eigenvalue weighted by Crippen LogP contribution is 2.25. The van der Waals surface area contributed by atoms with Crippen LogP contribution in [0.25, 0.3) is 10.8 Å². The lowest BCUT2D eigenvalue weighted by Crippen LogP contribution is -2.31. The summed E-state index contributed by atoms with van der Waals surface area (Å²) >= 11 is 1.66. The van der Waals surface area contributed by atoms with Crippen LogP contribution in [-0.4, -0.2) is 37.9 Å². The molecule has 1 atom stereocenters. The zero-order valence-corrected chi connectivity index (χ0v) is 17.9. The van der Waals surface area contributed by atoms with Gasteiger partial charge in [-0.3, -0.25) is 9.59 Å². The van der Waals surface area contributed by atoms with E-state index in [4.69, 9.17) is 9.47 Å². The summed E-state index contributed by atoms with van der Waals surface area (Å²) in [4.78, 5) is 25.5. The fraction of sp³-hybridized carbons (Fsp3) is 0.250. The van der Waals surface area contributed by atoms with E-state index in [0.717, 1.165) is 32.7 Å². The van der Waals surface area contributed by atoms with Crippen molar-refractivity contribution in [2.45, 2.75) is 17.7 Å². The summed E-state index contributed by atoms with van der Waals surface area (Å²) < 4.78 is 10.4. The monoisotopic (exact) mass is 423 g/mol. The molecule has 0 aliphatic rings. The van der Waals surface area contributed by atoms with Crippen LogP contribution >= 0.6 is 11.8 Å². The fourth-order valence-corrected chi connectivity index (χ4v) is 3.75. The Balaban J connectivity index is 1.44. The summed E-state index contributed by atoms with van der Waals surface area (Å²) in [5.41, 5.74) is 0.845. The average molecular weight is 424 g/mol. The predicted octanol–water partition coefficient (Wildman–Crippen LogP) is 4.40. The highest BCUT2D eigenvalue weighted by molar-refractivity contribution is 7.99. The number of ether oxygens (including phenoxy) is 2. The molecule has 0 saturated carbocycles. The summed E-state index contributed by atoms with van der Waals surface area (Å²) in [6, 6.07) is 21.6. The van der Waals surface area contributed by atoms with Crippen molar-refractivity contribution >= 4 is 34.4 Å². The lowest BCUT2D eigenvalue weighted by molar-refractivity contribution is -0.149. The maximum Gasteiger partial charge on any atom is 0.313 e. The zero-order chi connectivity index (χ0) is 21.3. The third-order valence-electron chi connectivity index (χ3n) is 4.71. The molecule has 1 N–H and O–H groups in total. The second-order valence-corrected chi connectivity index (χ2v) is 7.98. The Morgan fingerprint density at radius 2 is 1.73 bits per heavy atom. The first-order valence-electron chi connectivity index (χ1n) is 9.75. The van der Waals surface area contributed by atoms with Gasteiger partial charge in [0.2, 0.25) is 0 Å². The van der Waals surface area contributed by atoms with Gasteiger partial charge in [0.25, 0.3) is 5.91 Å². The van der Waals surface area contributed by atoms with Crippen LogP contribution in [0.4, 0.5) is 0 Å². The molecule has 0 heterocycles. The van der Waals surface area contributed by atoms with E-state index in [2.05, 4.69) is 5.32 Å². The number of thioether (sulfide) groups is 1. The molecule has 3 aromatic carbocycles. The van der Waals surface area contributed by atoms with Crippen LogP contribution < -0.4 is 10.1 Å². The summed E-state index contributed by atoms with van der Waals surface area (Å²) in [6.07, 6.45) is 0. The Hall–Kier alpha value is -2.99. The summed E-state index contributed by atoms with van der Waals surface area (Å²) in [5, 5.41) is 4.82. The zero-order valence-electron chi connectivity index (χ0n) is 17.1. The van der Waals surface area contributed by atoms with Crippen LogP contribution in [0.15, 0.2) is 71.6 Å². The van der Waals surface area contributed by atoms with Crippen LogP contribution in [0, 0.1) is 0 Å². The molecule has 0 saturated heterocycles. The van der Waals surface area contributed by atoms with Crippen molar-refractivity contribution < 1.29 is 19.1 Å². The molecule has 5 nitrogen and oxygen atoms in total. The number of hydrogen-bond donors (Lipinski definition) is 1. The second kappa shape index (κ2) is 10.7. The van der Waals surface area contributed by atoms with Crippen molar-refractivity contribution in [2.24, 2.45) is 0 Å². The molecule has 0 radical (unpaired) electrons. The lowest BCUT2D eigenvalue weighted by atomic mass is 9.98. The molecule has 3 rings (SSSR count). The van der Waals surface area contributed by atoms with Crippen LogP contribution in [-0.2, 0) is 14.3 Å². The number of methoxy groups -OCH3 is 1. The number of nitrogens with one attached hydrogen (secondary N) is 1. The van der Waals surface area contributed by atoms with Crippen LogP contribution in [0.5, 0.6) is 5.75 Å². The van der Waals surface area contributed by atoms with E-state index in [9.17, 15) is 9.59 Å². The van der Waals surface area contributed by atoms with Gasteiger partial charge in [0.05, 0.1) is 13.0 Å². The van der Waals surface area contributed by atoms with E-state index in [1.54, 1.807) is 25.8 Å². The molecule has 6 heteroatoms. The molecule has 0 aliphatic carbocycles. The van der Waals surface area contributed by atoms with Gasteiger partial charge in [-0.25, -0.2) is 0 Å². The number of esters is 1. The Bertz CT molecular complexity index is 1010. The molecule has 0 bridgehead atoms. The molecule has 0 aliphatic heterocycles.